The van der Waals surface area contributed by atoms with Gasteiger partial charge in [0.1, 0.15) is 48.8 Å². The van der Waals surface area contributed by atoms with Crippen LogP contribution in [0.5, 0.6) is 0 Å². The van der Waals surface area contributed by atoms with Gasteiger partial charge in [0.05, 0.1) is 38.3 Å². The zero-order valence-electron chi connectivity index (χ0n) is 26.8. The van der Waals surface area contributed by atoms with Crippen molar-refractivity contribution in [3.8, 4) is 0 Å². The van der Waals surface area contributed by atoms with Crippen LogP contribution in [0.25, 0.3) is 11.2 Å². The molecule has 0 amide bonds. The zero-order chi connectivity index (χ0) is 35.4. The van der Waals surface area contributed by atoms with Crippen molar-refractivity contribution in [3.05, 3.63) is 28.8 Å². The molecule has 2 aromatic heterocycles. The van der Waals surface area contributed by atoms with Gasteiger partial charge in [-0.05, 0) is 24.8 Å². The van der Waals surface area contributed by atoms with E-state index >= 15 is 0 Å². The number of hydrogen-bond donors (Lipinski definition) is 10. The van der Waals surface area contributed by atoms with E-state index in [1.54, 1.807) is 4.57 Å². The highest BCUT2D eigenvalue weighted by molar-refractivity contribution is 5.71. The molecule has 0 bridgehead atoms. The molecule has 13 atom stereocenters. The number of aliphatic hydroxyl groups excluding tert-OH is 8. The third-order valence-corrected chi connectivity index (χ3v) is 9.34. The van der Waals surface area contributed by atoms with Gasteiger partial charge in [0, 0.05) is 19.1 Å². The molecule has 19 nitrogen and oxygen atoms in total. The van der Waals surface area contributed by atoms with Gasteiger partial charge in [-0.3, -0.25) is 9.78 Å². The molecule has 4 unspecified atom stereocenters. The Hall–Kier alpha value is -2.63. The molecule has 1 aliphatic carbocycles. The second kappa shape index (κ2) is 16.6. The van der Waals surface area contributed by atoms with E-state index in [0.29, 0.717) is 25.1 Å². The predicted molar refractivity (Wildman–Crippen MR) is 166 cm³/mol. The number of aliphatic hydroxyl groups is 8. The predicted octanol–water partition coefficient (Wildman–Crippen LogP) is -3.60. The number of nitrogens with zero attached hydrogens (tertiary/aromatic N) is 3. The molecule has 0 radical (unpaired) electrons. The number of rotatable bonds is 15. The summed E-state index contributed by atoms with van der Waals surface area (Å²) < 4.78 is 29.6. The van der Waals surface area contributed by atoms with Gasteiger partial charge in [-0.25, -0.2) is 4.98 Å². The number of hydrogen-bond acceptors (Lipinski definition) is 17. The topological polar surface area (TPSA) is 298 Å². The van der Waals surface area contributed by atoms with Crippen LogP contribution in [0.2, 0.25) is 0 Å². The summed E-state index contributed by atoms with van der Waals surface area (Å²) in [4.78, 5) is 22.9. The Morgan fingerprint density at radius 2 is 1.59 bits per heavy atom. The number of imidazole rings is 1. The number of unbranched alkanes of at least 4 members (excludes halogenated alkanes) is 3. The van der Waals surface area contributed by atoms with Crippen molar-refractivity contribution in [2.75, 3.05) is 38.8 Å². The minimum absolute atomic E-state index is 0.0276. The molecule has 3 aliphatic rings. The Balaban J connectivity index is 0.989. The van der Waals surface area contributed by atoms with Crippen LogP contribution >= 0.6 is 0 Å². The minimum Gasteiger partial charge on any atom is -0.394 e. The van der Waals surface area contributed by atoms with Crippen LogP contribution < -0.4 is 11.3 Å². The van der Waals surface area contributed by atoms with Gasteiger partial charge in [-0.2, -0.15) is 4.98 Å². The van der Waals surface area contributed by atoms with Crippen molar-refractivity contribution in [2.45, 2.75) is 106 Å². The van der Waals surface area contributed by atoms with Crippen LogP contribution in [0.15, 0.2) is 23.3 Å². The second-order valence-electron chi connectivity index (χ2n) is 12.6. The van der Waals surface area contributed by atoms with Crippen LogP contribution in [0, 0.1) is 5.92 Å². The molecule has 11 N–H and O–H groups in total. The molecule has 276 valence electrons. The monoisotopic (exact) mass is 701 g/mol. The van der Waals surface area contributed by atoms with E-state index in [4.69, 9.17) is 29.4 Å². The second-order valence-corrected chi connectivity index (χ2v) is 12.6. The Morgan fingerprint density at radius 1 is 0.918 bits per heavy atom. The average molecular weight is 702 g/mol. The number of nitrogens with one attached hydrogen (secondary N) is 1. The molecule has 49 heavy (non-hydrogen) atoms. The van der Waals surface area contributed by atoms with Gasteiger partial charge in [-0.1, -0.05) is 19.4 Å². The first-order valence-corrected chi connectivity index (χ1v) is 16.3. The van der Waals surface area contributed by atoms with Crippen LogP contribution in [-0.4, -0.2) is 161 Å². The van der Waals surface area contributed by atoms with Crippen molar-refractivity contribution < 1.29 is 64.5 Å². The van der Waals surface area contributed by atoms with Crippen LogP contribution in [0.3, 0.4) is 0 Å². The molecular weight excluding hydrogens is 654 g/mol. The highest BCUT2D eigenvalue weighted by Crippen LogP contribution is 2.40. The average Bonchev–Trinajstić information content (AvgIpc) is 3.62. The maximum absolute atomic E-state index is 12.1. The van der Waals surface area contributed by atoms with Crippen molar-refractivity contribution in [3.63, 3.8) is 0 Å². The van der Waals surface area contributed by atoms with E-state index < -0.39 is 86.3 Å². The fourth-order valence-electron chi connectivity index (χ4n) is 6.48. The van der Waals surface area contributed by atoms with E-state index in [2.05, 4.69) is 21.5 Å². The van der Waals surface area contributed by atoms with E-state index in [1.165, 1.54) is 6.33 Å². The molecular formula is C30H47N5O14. The Bertz CT molecular complexity index is 1440. The summed E-state index contributed by atoms with van der Waals surface area (Å²) in [6.45, 7) is 3.74. The lowest BCUT2D eigenvalue weighted by atomic mass is 9.97. The van der Waals surface area contributed by atoms with Gasteiger partial charge in [0.25, 0.3) is 5.56 Å². The third kappa shape index (κ3) is 8.14. The SMILES string of the molecule is C=C1[C@H](COCCCCCCO[C@@H]2OC(CO)[C@@H](O[C@@H]3OC(CO)[C@H](O)[C@H](O)C3O)[C@H](O)C2O)[C@@H](O)C[C@@H]1n1cnc2c(=O)[nH]c(N)nc21. The summed E-state index contributed by atoms with van der Waals surface area (Å²) in [5.74, 6) is -0.336. The molecule has 0 spiro atoms. The Labute approximate surface area is 280 Å². The van der Waals surface area contributed by atoms with Crippen LogP contribution in [-0.2, 0) is 23.7 Å². The van der Waals surface area contributed by atoms with Gasteiger partial charge >= 0.3 is 0 Å². The first kappa shape index (κ1) is 37.6. The highest BCUT2D eigenvalue weighted by atomic mass is 16.7. The molecule has 0 aromatic carbocycles. The third-order valence-electron chi connectivity index (χ3n) is 9.34. The molecule has 2 aromatic rings. The Kier molecular flexibility index (Phi) is 12.7. The number of aromatic amines is 1. The number of aromatic nitrogens is 4. The lowest BCUT2D eigenvalue weighted by Gasteiger charge is -2.45. The van der Waals surface area contributed by atoms with Gasteiger partial charge in [0.15, 0.2) is 23.7 Å². The minimum atomic E-state index is -1.75. The summed E-state index contributed by atoms with van der Waals surface area (Å²) in [5, 5.41) is 81.5. The number of nitrogen functional groups attached to an aromatic ring is 1. The first-order valence-electron chi connectivity index (χ1n) is 16.3. The van der Waals surface area contributed by atoms with E-state index in [-0.39, 0.29) is 36.6 Å². The van der Waals surface area contributed by atoms with Gasteiger partial charge < -0.3 is 74.8 Å². The smallest absolute Gasteiger partial charge is 0.280 e. The van der Waals surface area contributed by atoms with E-state index in [0.717, 1.165) is 24.8 Å². The summed E-state index contributed by atoms with van der Waals surface area (Å²) in [6.07, 6.45) is -11.0. The summed E-state index contributed by atoms with van der Waals surface area (Å²) in [7, 11) is 0. The Morgan fingerprint density at radius 3 is 2.31 bits per heavy atom. The maximum atomic E-state index is 12.1. The lowest BCUT2D eigenvalue weighted by molar-refractivity contribution is -0.359. The number of H-pyrrole nitrogens is 1. The van der Waals surface area contributed by atoms with E-state index in [1.807, 2.05) is 0 Å². The first-order chi connectivity index (χ1) is 23.5. The number of fused-ring (bicyclic) bond motifs is 1. The fourth-order valence-corrected chi connectivity index (χ4v) is 6.48. The van der Waals surface area contributed by atoms with Crippen molar-refractivity contribution in [2.24, 2.45) is 5.92 Å². The lowest BCUT2D eigenvalue weighted by Crippen LogP contribution is -2.64. The van der Waals surface area contributed by atoms with E-state index in [9.17, 15) is 45.6 Å². The summed E-state index contributed by atoms with van der Waals surface area (Å²) in [5.41, 5.74) is 6.49. The van der Waals surface area contributed by atoms with Gasteiger partial charge in [0.2, 0.25) is 5.95 Å². The quantitative estimate of drug-likeness (QED) is 0.0634. The van der Waals surface area contributed by atoms with Crippen LogP contribution in [0.1, 0.15) is 38.1 Å². The molecule has 4 heterocycles. The number of nitrogens with two attached hydrogens (primary N) is 1. The molecule has 19 heteroatoms. The standard InChI is InChI=1S/C30H47N5O14/c1-13-14(16(38)8-15(13)35-12-32-19-26(35)33-30(31)34-27(19)44)11-45-6-4-2-3-5-7-46-28-24(43)22(41)25(18(10-37)48-28)49-29-23(42)21(40)20(39)17(9-36)47-29/h12,14-18,20-25,28-29,36-43H,1-11H2,(H3,31,33,34,44)/t14-,15-,16-,17?,18?,20-,21-,22+,23?,24?,25+,28+,29-/m0/s1. The molecule has 2 aliphatic heterocycles. The molecule has 1 saturated carbocycles. The van der Waals surface area contributed by atoms with Crippen molar-refractivity contribution >= 4 is 17.1 Å². The summed E-state index contributed by atoms with van der Waals surface area (Å²) >= 11 is 0. The largest absolute Gasteiger partial charge is 0.394 e. The number of anilines is 1. The molecule has 3 fully saturated rings. The zero-order valence-corrected chi connectivity index (χ0v) is 26.8. The fraction of sp³-hybridized carbons (Fsp3) is 0.767. The van der Waals surface area contributed by atoms with Crippen molar-refractivity contribution in [1.82, 2.24) is 19.5 Å². The number of ether oxygens (including phenoxy) is 5. The molecule has 5 rings (SSSR count). The van der Waals surface area contributed by atoms with Crippen molar-refractivity contribution in [1.29, 1.82) is 0 Å². The summed E-state index contributed by atoms with van der Waals surface area (Å²) in [6, 6.07) is -0.316. The van der Waals surface area contributed by atoms with Gasteiger partial charge in [-0.15, -0.1) is 0 Å². The highest BCUT2D eigenvalue weighted by Gasteiger charge is 2.50. The normalized spacial score (nSPS) is 36.9. The van der Waals surface area contributed by atoms with Crippen LogP contribution in [0.4, 0.5) is 5.95 Å². The molecule has 2 saturated heterocycles. The maximum Gasteiger partial charge on any atom is 0.280 e.